The van der Waals surface area contributed by atoms with Crippen molar-refractivity contribution >= 4 is 43.7 Å². The van der Waals surface area contributed by atoms with E-state index in [4.69, 9.17) is 14.4 Å². The number of fused-ring (bicyclic) bond motifs is 6. The molecule has 0 aliphatic rings. The molecule has 60 heavy (non-hydrogen) atoms. The number of hydrogen-bond acceptors (Lipinski definition) is 4. The van der Waals surface area contributed by atoms with Crippen LogP contribution in [0, 0.1) is 6.07 Å². The minimum atomic E-state index is -0.0778. The van der Waals surface area contributed by atoms with Gasteiger partial charge in [0, 0.05) is 55.4 Å². The zero-order valence-corrected chi connectivity index (χ0v) is 36.7. The maximum absolute atomic E-state index is 12.0. The van der Waals surface area contributed by atoms with Gasteiger partial charge in [-0.1, -0.05) is 138 Å². The monoisotopic (exact) mass is 961 g/mol. The number of aromatic hydroxyl groups is 1. The summed E-state index contributed by atoms with van der Waals surface area (Å²) in [6.07, 6.45) is 1.88. The molecule has 0 spiro atoms. The predicted molar refractivity (Wildman–Crippen MR) is 243 cm³/mol. The molecule has 0 saturated carbocycles. The minimum absolute atomic E-state index is 0. The van der Waals surface area contributed by atoms with Crippen molar-refractivity contribution in [2.45, 2.75) is 52.4 Å². The second kappa shape index (κ2) is 14.8. The topological polar surface area (TPSA) is 64.1 Å². The van der Waals surface area contributed by atoms with Gasteiger partial charge in [-0.25, -0.2) is 4.98 Å². The molecule has 7 aromatic carbocycles. The summed E-state index contributed by atoms with van der Waals surface area (Å²) in [7, 11) is 0. The number of para-hydroxylation sites is 1. The number of pyridine rings is 1. The Kier molecular flexibility index (Phi) is 9.64. The number of phenols is 1. The molecule has 3 aromatic heterocycles. The molecule has 0 atom stereocenters. The van der Waals surface area contributed by atoms with E-state index in [0.717, 1.165) is 77.4 Å². The summed E-state index contributed by atoms with van der Waals surface area (Å²) in [5, 5.41) is 16.2. The van der Waals surface area contributed by atoms with Gasteiger partial charge in [0.25, 0.3) is 0 Å². The molecule has 0 unspecified atom stereocenters. The van der Waals surface area contributed by atoms with Gasteiger partial charge < -0.3 is 9.52 Å². The van der Waals surface area contributed by atoms with E-state index in [-0.39, 0.29) is 37.6 Å². The van der Waals surface area contributed by atoms with E-state index in [1.165, 1.54) is 11.1 Å². The fraction of sp³-hybridized carbons (Fsp3) is 0.148. The Balaban J connectivity index is 0.00000462. The summed E-state index contributed by atoms with van der Waals surface area (Å²) >= 11 is 0. The SMILES string of the molecule is CC(C)(C)c1ccnc(-c2[c-]c(-c3cccc4c3nc(-c3cc5c(cc3O)oc3ccc6ccccc6c35)n4-c3ccc(C(C)(C)C)cc3-c3ccccc3)ccc2)c1.[Pt]. The molecule has 0 radical (unpaired) electrons. The van der Waals surface area contributed by atoms with Crippen LogP contribution in [0.1, 0.15) is 52.7 Å². The van der Waals surface area contributed by atoms with Gasteiger partial charge in [0.15, 0.2) is 0 Å². The Morgan fingerprint density at radius 3 is 2.13 bits per heavy atom. The van der Waals surface area contributed by atoms with E-state index in [2.05, 4.69) is 174 Å². The van der Waals surface area contributed by atoms with Gasteiger partial charge in [-0.3, -0.25) is 9.55 Å². The standard InChI is InChI=1S/C54H44N3O2.Pt/c1-53(2,3)37-23-24-45(41(29-37)33-14-8-7-9-15-33)57-46-21-13-20-40(35-17-12-18-36(28-35)44-30-38(26-27-55-44)54(4,5)6)51(46)56-52(57)42-31-43-49(32-47(42)58)59-48-25-22-34-16-10-11-19-39(34)50(43)48;/h7-27,29-32,58H,1-6H3;/q-1;. The summed E-state index contributed by atoms with van der Waals surface area (Å²) in [4.78, 5) is 10.3. The van der Waals surface area contributed by atoms with Crippen LogP contribution in [0.2, 0.25) is 0 Å². The summed E-state index contributed by atoms with van der Waals surface area (Å²) in [6.45, 7) is 13.4. The van der Waals surface area contributed by atoms with Crippen molar-refractivity contribution in [3.8, 4) is 56.3 Å². The average molecular weight is 962 g/mol. The molecule has 0 amide bonds. The Bertz CT molecular complexity index is 3250. The molecule has 3 heterocycles. The molecule has 298 valence electrons. The maximum atomic E-state index is 12.0. The van der Waals surface area contributed by atoms with Crippen LogP contribution in [0.15, 0.2) is 156 Å². The third-order valence-corrected chi connectivity index (χ3v) is 11.6. The zero-order chi connectivity index (χ0) is 40.6. The second-order valence-electron chi connectivity index (χ2n) is 17.6. The number of furan rings is 1. The van der Waals surface area contributed by atoms with Gasteiger partial charge in [0.1, 0.15) is 22.7 Å². The number of phenolic OH excluding ortho intramolecular Hbond substituents is 1. The van der Waals surface area contributed by atoms with Crippen molar-refractivity contribution in [1.82, 2.24) is 14.5 Å². The molecule has 10 aromatic rings. The average Bonchev–Trinajstić information content (AvgIpc) is 3.81. The Labute approximate surface area is 364 Å². The smallest absolute Gasteiger partial charge is 0.148 e. The first-order valence-electron chi connectivity index (χ1n) is 20.2. The number of aromatic nitrogens is 3. The van der Waals surface area contributed by atoms with Crippen molar-refractivity contribution in [1.29, 1.82) is 0 Å². The van der Waals surface area contributed by atoms with Crippen molar-refractivity contribution in [2.75, 3.05) is 0 Å². The predicted octanol–water partition coefficient (Wildman–Crippen LogP) is 14.2. The largest absolute Gasteiger partial charge is 0.507 e. The van der Waals surface area contributed by atoms with E-state index in [1.807, 2.05) is 24.4 Å². The van der Waals surface area contributed by atoms with Gasteiger partial charge in [0.2, 0.25) is 0 Å². The third-order valence-electron chi connectivity index (χ3n) is 11.6. The van der Waals surface area contributed by atoms with Crippen molar-refractivity contribution < 1.29 is 30.6 Å². The summed E-state index contributed by atoms with van der Waals surface area (Å²) in [5.41, 5.74) is 12.8. The van der Waals surface area contributed by atoms with Crippen LogP contribution in [0.25, 0.3) is 94.3 Å². The summed E-state index contributed by atoms with van der Waals surface area (Å²) < 4.78 is 8.60. The molecule has 0 fully saturated rings. The first-order valence-corrected chi connectivity index (χ1v) is 20.2. The van der Waals surface area contributed by atoms with Crippen LogP contribution in [-0.4, -0.2) is 19.6 Å². The summed E-state index contributed by atoms with van der Waals surface area (Å²) in [5.74, 6) is 0.711. The molecular weight excluding hydrogens is 918 g/mol. The molecule has 6 heteroatoms. The Morgan fingerprint density at radius 2 is 1.33 bits per heavy atom. The quantitative estimate of drug-likeness (QED) is 0.175. The molecule has 0 aliphatic heterocycles. The summed E-state index contributed by atoms with van der Waals surface area (Å²) in [6, 6.07) is 54.0. The van der Waals surface area contributed by atoms with Gasteiger partial charge in [-0.05, 0) is 74.7 Å². The number of hydrogen-bond donors (Lipinski definition) is 1. The maximum Gasteiger partial charge on any atom is 0.148 e. The number of imidazole rings is 1. The fourth-order valence-corrected chi connectivity index (χ4v) is 8.37. The van der Waals surface area contributed by atoms with E-state index in [9.17, 15) is 5.11 Å². The fourth-order valence-electron chi connectivity index (χ4n) is 8.37. The van der Waals surface area contributed by atoms with Crippen molar-refractivity contribution in [3.05, 3.63) is 169 Å². The number of benzene rings is 7. The van der Waals surface area contributed by atoms with Crippen LogP contribution in [0.5, 0.6) is 5.75 Å². The molecule has 1 N–H and O–H groups in total. The van der Waals surface area contributed by atoms with E-state index < -0.39 is 0 Å². The van der Waals surface area contributed by atoms with Gasteiger partial charge in [-0.15, -0.1) is 29.8 Å². The first kappa shape index (κ1) is 39.2. The molecule has 10 rings (SSSR count). The van der Waals surface area contributed by atoms with Crippen LogP contribution in [0.4, 0.5) is 0 Å². The van der Waals surface area contributed by atoms with E-state index in [1.54, 1.807) is 6.07 Å². The third kappa shape index (κ3) is 6.72. The van der Waals surface area contributed by atoms with Crippen molar-refractivity contribution in [3.63, 3.8) is 0 Å². The van der Waals surface area contributed by atoms with Crippen LogP contribution >= 0.6 is 0 Å². The van der Waals surface area contributed by atoms with Crippen LogP contribution < -0.4 is 0 Å². The van der Waals surface area contributed by atoms with Gasteiger partial charge >= 0.3 is 0 Å². The normalized spacial score (nSPS) is 12.1. The molecular formula is C54H44N3O2Pt-. The van der Waals surface area contributed by atoms with E-state index in [0.29, 0.717) is 17.0 Å². The zero-order valence-electron chi connectivity index (χ0n) is 34.4. The van der Waals surface area contributed by atoms with Crippen molar-refractivity contribution in [2.24, 2.45) is 0 Å². The van der Waals surface area contributed by atoms with Gasteiger partial charge in [-0.2, -0.15) is 0 Å². The van der Waals surface area contributed by atoms with Crippen LogP contribution in [-0.2, 0) is 31.9 Å². The molecule has 0 aliphatic carbocycles. The molecule has 0 bridgehead atoms. The van der Waals surface area contributed by atoms with E-state index >= 15 is 0 Å². The van der Waals surface area contributed by atoms with Crippen LogP contribution in [0.3, 0.4) is 0 Å². The number of nitrogens with zero attached hydrogens (tertiary/aromatic N) is 3. The Hall–Kier alpha value is -6.29. The Morgan fingerprint density at radius 1 is 0.600 bits per heavy atom. The van der Waals surface area contributed by atoms with Gasteiger partial charge in [0.05, 0.1) is 22.3 Å². The number of rotatable bonds is 5. The molecule has 0 saturated heterocycles. The minimum Gasteiger partial charge on any atom is -0.507 e. The second-order valence-corrected chi connectivity index (χ2v) is 17.6. The first-order chi connectivity index (χ1) is 28.4. The molecule has 5 nitrogen and oxygen atoms in total.